The molecule has 14 heavy (non-hydrogen) atoms. The summed E-state index contributed by atoms with van der Waals surface area (Å²) in [7, 11) is 2.40. The molecule has 0 unspecified atom stereocenters. The summed E-state index contributed by atoms with van der Waals surface area (Å²) in [6, 6.07) is 0. The van der Waals surface area contributed by atoms with Crippen molar-refractivity contribution >= 4 is 11.9 Å². The topological polar surface area (TPSA) is 52.6 Å². The molecule has 0 radical (unpaired) electrons. The van der Waals surface area contributed by atoms with E-state index in [4.69, 9.17) is 0 Å². The van der Waals surface area contributed by atoms with Gasteiger partial charge in [0.05, 0.1) is 14.2 Å². The van der Waals surface area contributed by atoms with Crippen LogP contribution in [-0.4, -0.2) is 26.2 Å². The summed E-state index contributed by atoms with van der Waals surface area (Å²) in [6.45, 7) is 6.90. The molecular weight excluding hydrogens is 184 g/mol. The fourth-order valence-corrected chi connectivity index (χ4v) is 1.09. The normalized spacial score (nSPS) is 10.1. The van der Waals surface area contributed by atoms with Crippen LogP contribution in [0.15, 0.2) is 25.3 Å². The number of hydrogen-bond acceptors (Lipinski definition) is 4. The standard InChI is InChI=1S/C10H14O4/c1-5-7-10(6-2,8(11)13-3)9(12)14-4/h5-6H,1-2,7H2,3-4H3. The van der Waals surface area contributed by atoms with Crippen LogP contribution in [0.1, 0.15) is 6.42 Å². The van der Waals surface area contributed by atoms with Crippen molar-refractivity contribution in [3.8, 4) is 0 Å². The summed E-state index contributed by atoms with van der Waals surface area (Å²) >= 11 is 0. The third-order valence-electron chi connectivity index (χ3n) is 1.91. The van der Waals surface area contributed by atoms with Crippen LogP contribution in [0.2, 0.25) is 0 Å². The minimum atomic E-state index is -1.47. The molecule has 0 bridgehead atoms. The molecule has 0 atom stereocenters. The number of ether oxygens (including phenoxy) is 2. The smallest absolute Gasteiger partial charge is 0.327 e. The van der Waals surface area contributed by atoms with Gasteiger partial charge in [-0.2, -0.15) is 0 Å². The highest BCUT2D eigenvalue weighted by atomic mass is 16.5. The lowest BCUT2D eigenvalue weighted by Gasteiger charge is -2.22. The second kappa shape index (κ2) is 5.21. The van der Waals surface area contributed by atoms with Crippen molar-refractivity contribution in [2.24, 2.45) is 5.41 Å². The molecule has 0 fully saturated rings. The molecule has 0 saturated heterocycles. The van der Waals surface area contributed by atoms with Gasteiger partial charge in [0.15, 0.2) is 5.41 Å². The number of carbonyl (C=O) groups excluding carboxylic acids is 2. The molecule has 0 aliphatic heterocycles. The lowest BCUT2D eigenvalue weighted by molar-refractivity contribution is -0.164. The largest absolute Gasteiger partial charge is 0.468 e. The van der Waals surface area contributed by atoms with Crippen LogP contribution < -0.4 is 0 Å². The van der Waals surface area contributed by atoms with Gasteiger partial charge in [0, 0.05) is 0 Å². The molecule has 78 valence electrons. The molecule has 0 saturated carbocycles. The summed E-state index contributed by atoms with van der Waals surface area (Å²) in [5, 5.41) is 0. The van der Waals surface area contributed by atoms with E-state index in [1.54, 1.807) is 0 Å². The maximum absolute atomic E-state index is 11.4. The highest BCUT2D eigenvalue weighted by molar-refractivity contribution is 6.02. The predicted octanol–water partition coefficient (Wildman–Crippen LogP) is 1.08. The summed E-state index contributed by atoms with van der Waals surface area (Å²) in [5.41, 5.74) is -1.47. The zero-order valence-electron chi connectivity index (χ0n) is 8.41. The fraction of sp³-hybridized carbons (Fsp3) is 0.400. The predicted molar refractivity (Wildman–Crippen MR) is 51.5 cm³/mol. The molecule has 0 aliphatic rings. The highest BCUT2D eigenvalue weighted by Gasteiger charge is 2.44. The first kappa shape index (κ1) is 12.4. The van der Waals surface area contributed by atoms with Crippen molar-refractivity contribution in [1.82, 2.24) is 0 Å². The molecule has 0 rings (SSSR count). The van der Waals surface area contributed by atoms with E-state index >= 15 is 0 Å². The Morgan fingerprint density at radius 2 is 1.64 bits per heavy atom. The zero-order chi connectivity index (χ0) is 11.2. The van der Waals surface area contributed by atoms with Crippen molar-refractivity contribution in [3.05, 3.63) is 25.3 Å². The van der Waals surface area contributed by atoms with E-state index < -0.39 is 17.4 Å². The van der Waals surface area contributed by atoms with Gasteiger partial charge in [0.2, 0.25) is 0 Å². The van der Waals surface area contributed by atoms with Crippen LogP contribution in [0.25, 0.3) is 0 Å². The molecule has 0 spiro atoms. The van der Waals surface area contributed by atoms with Crippen LogP contribution in [0.3, 0.4) is 0 Å². The molecule has 4 heteroatoms. The van der Waals surface area contributed by atoms with Gasteiger partial charge in [-0.25, -0.2) is 0 Å². The van der Waals surface area contributed by atoms with Gasteiger partial charge in [-0.3, -0.25) is 9.59 Å². The zero-order valence-corrected chi connectivity index (χ0v) is 8.41. The Morgan fingerprint density at radius 3 is 1.86 bits per heavy atom. The Hall–Kier alpha value is -1.58. The van der Waals surface area contributed by atoms with Crippen LogP contribution in [-0.2, 0) is 19.1 Å². The molecule has 0 aromatic carbocycles. The average Bonchev–Trinajstić information content (AvgIpc) is 2.23. The summed E-state index contributed by atoms with van der Waals surface area (Å²) in [4.78, 5) is 22.8. The molecule has 0 aliphatic carbocycles. The van der Waals surface area contributed by atoms with Crippen LogP contribution in [0.4, 0.5) is 0 Å². The monoisotopic (exact) mass is 198 g/mol. The third-order valence-corrected chi connectivity index (χ3v) is 1.91. The van der Waals surface area contributed by atoms with Gasteiger partial charge in [-0.05, 0) is 6.42 Å². The Morgan fingerprint density at radius 1 is 1.21 bits per heavy atom. The van der Waals surface area contributed by atoms with Crippen molar-refractivity contribution in [2.45, 2.75) is 6.42 Å². The Bertz CT molecular complexity index is 239. The molecule has 0 amide bonds. The molecule has 0 N–H and O–H groups in total. The minimum absolute atomic E-state index is 0.107. The molecule has 0 aromatic heterocycles. The lowest BCUT2D eigenvalue weighted by atomic mass is 9.84. The first-order chi connectivity index (χ1) is 6.58. The van der Waals surface area contributed by atoms with Gasteiger partial charge in [0.1, 0.15) is 0 Å². The van der Waals surface area contributed by atoms with Crippen LogP contribution in [0, 0.1) is 5.41 Å². The first-order valence-corrected chi connectivity index (χ1v) is 4.00. The van der Waals surface area contributed by atoms with Crippen molar-refractivity contribution in [1.29, 1.82) is 0 Å². The van der Waals surface area contributed by atoms with Crippen molar-refractivity contribution < 1.29 is 19.1 Å². The molecular formula is C10H14O4. The lowest BCUT2D eigenvalue weighted by Crippen LogP contribution is -2.39. The van der Waals surface area contributed by atoms with Crippen LogP contribution >= 0.6 is 0 Å². The number of methoxy groups -OCH3 is 2. The fourth-order valence-electron chi connectivity index (χ4n) is 1.09. The van der Waals surface area contributed by atoms with Crippen molar-refractivity contribution in [3.63, 3.8) is 0 Å². The Kier molecular flexibility index (Phi) is 4.63. The second-order valence-corrected chi connectivity index (χ2v) is 2.65. The van der Waals surface area contributed by atoms with E-state index in [1.807, 2.05) is 0 Å². The number of allylic oxidation sites excluding steroid dienone is 1. The number of hydrogen-bond donors (Lipinski definition) is 0. The van der Waals surface area contributed by atoms with Gasteiger partial charge >= 0.3 is 11.9 Å². The quantitative estimate of drug-likeness (QED) is 0.377. The number of rotatable bonds is 5. The molecule has 0 aromatic rings. The second-order valence-electron chi connectivity index (χ2n) is 2.65. The number of carbonyl (C=O) groups is 2. The van der Waals surface area contributed by atoms with E-state index in [0.29, 0.717) is 0 Å². The van der Waals surface area contributed by atoms with E-state index in [2.05, 4.69) is 22.6 Å². The highest BCUT2D eigenvalue weighted by Crippen LogP contribution is 2.27. The maximum Gasteiger partial charge on any atom is 0.327 e. The average molecular weight is 198 g/mol. The van der Waals surface area contributed by atoms with Gasteiger partial charge in [0.25, 0.3) is 0 Å². The summed E-state index contributed by atoms with van der Waals surface area (Å²) in [6.07, 6.45) is 2.76. The third kappa shape index (κ3) is 2.02. The first-order valence-electron chi connectivity index (χ1n) is 4.00. The van der Waals surface area contributed by atoms with Crippen LogP contribution in [0.5, 0.6) is 0 Å². The van der Waals surface area contributed by atoms with Gasteiger partial charge < -0.3 is 9.47 Å². The minimum Gasteiger partial charge on any atom is -0.468 e. The molecule has 0 heterocycles. The number of esters is 2. The summed E-state index contributed by atoms with van der Waals surface area (Å²) < 4.78 is 9.05. The molecule has 4 nitrogen and oxygen atoms in total. The SMILES string of the molecule is C=CCC(C=C)(C(=O)OC)C(=O)OC. The van der Waals surface area contributed by atoms with E-state index in [9.17, 15) is 9.59 Å². The van der Waals surface area contributed by atoms with Gasteiger partial charge in [-0.15, -0.1) is 13.2 Å². The van der Waals surface area contributed by atoms with E-state index in [-0.39, 0.29) is 6.42 Å². The Labute approximate surface area is 83.2 Å². The maximum atomic E-state index is 11.4. The van der Waals surface area contributed by atoms with Gasteiger partial charge in [-0.1, -0.05) is 12.2 Å². The van der Waals surface area contributed by atoms with Crippen molar-refractivity contribution in [2.75, 3.05) is 14.2 Å². The van der Waals surface area contributed by atoms with E-state index in [1.165, 1.54) is 26.4 Å². The summed E-state index contributed by atoms with van der Waals surface area (Å²) in [5.74, 6) is -1.39. The Balaban J connectivity index is 5.16. The van der Waals surface area contributed by atoms with E-state index in [0.717, 1.165) is 0 Å².